The summed E-state index contributed by atoms with van der Waals surface area (Å²) in [5.41, 5.74) is 0.917. The smallest absolute Gasteiger partial charge is 0.322 e. The number of halogens is 3. The molecule has 0 radical (unpaired) electrons. The van der Waals surface area contributed by atoms with Gasteiger partial charge in [-0.15, -0.1) is 0 Å². The van der Waals surface area contributed by atoms with Crippen LogP contribution in [0.1, 0.15) is 5.56 Å². The van der Waals surface area contributed by atoms with Gasteiger partial charge in [-0.25, -0.2) is 0 Å². The molecule has 1 N–H and O–H groups in total. The van der Waals surface area contributed by atoms with Gasteiger partial charge in [0.15, 0.2) is 0 Å². The maximum atomic E-state index is 12.9. The third-order valence-corrected chi connectivity index (χ3v) is 3.60. The van der Waals surface area contributed by atoms with E-state index in [2.05, 4.69) is 11.9 Å². The van der Waals surface area contributed by atoms with E-state index >= 15 is 0 Å². The Morgan fingerprint density at radius 3 is 2.62 bits per heavy atom. The van der Waals surface area contributed by atoms with Gasteiger partial charge in [-0.1, -0.05) is 18.7 Å². The van der Waals surface area contributed by atoms with E-state index in [4.69, 9.17) is 0 Å². The lowest BCUT2D eigenvalue weighted by Crippen LogP contribution is -2.07. The maximum Gasteiger partial charge on any atom is 0.416 e. The molecule has 0 aliphatic rings. The summed E-state index contributed by atoms with van der Waals surface area (Å²) in [4.78, 5) is 11.4. The normalized spacial score (nSPS) is 11.5. The highest BCUT2D eigenvalue weighted by molar-refractivity contribution is 6.00. The number of carbonyl (C=O) groups is 1. The Bertz CT molecular complexity index is 925. The predicted molar refractivity (Wildman–Crippen MR) is 87.1 cm³/mol. The second kappa shape index (κ2) is 5.88. The molecule has 0 spiro atoms. The van der Waals surface area contributed by atoms with Crippen LogP contribution in [0, 0.1) is 0 Å². The Balaban J connectivity index is 2.08. The number of amides is 1. The van der Waals surface area contributed by atoms with E-state index in [1.807, 2.05) is 0 Å². The molecule has 0 fully saturated rings. The molecule has 1 heterocycles. The molecular weight excluding hydrogens is 317 g/mol. The van der Waals surface area contributed by atoms with E-state index < -0.39 is 11.7 Å². The first-order chi connectivity index (χ1) is 11.4. The molecule has 3 nitrogen and oxygen atoms in total. The van der Waals surface area contributed by atoms with Crippen LogP contribution in [-0.2, 0) is 11.0 Å². The second-order valence-electron chi connectivity index (χ2n) is 5.20. The van der Waals surface area contributed by atoms with Crippen molar-refractivity contribution in [3.8, 4) is 5.69 Å². The lowest BCUT2D eigenvalue weighted by molar-refractivity contribution is -0.137. The van der Waals surface area contributed by atoms with Crippen LogP contribution in [-0.4, -0.2) is 10.5 Å². The first-order valence-corrected chi connectivity index (χ1v) is 7.10. The van der Waals surface area contributed by atoms with Gasteiger partial charge >= 0.3 is 6.18 Å². The summed E-state index contributed by atoms with van der Waals surface area (Å²) in [5, 5.41) is 3.49. The molecule has 0 unspecified atom stereocenters. The molecule has 1 amide bonds. The molecule has 0 saturated carbocycles. The van der Waals surface area contributed by atoms with E-state index in [-0.39, 0.29) is 5.91 Å². The quantitative estimate of drug-likeness (QED) is 0.689. The molecule has 0 saturated heterocycles. The predicted octanol–water partition coefficient (Wildman–Crippen LogP) is 4.77. The molecule has 3 aromatic rings. The maximum absolute atomic E-state index is 12.9. The lowest BCUT2D eigenvalue weighted by atomic mass is 10.2. The number of carbonyl (C=O) groups excluding carboxylic acids is 1. The van der Waals surface area contributed by atoms with Crippen molar-refractivity contribution in [1.82, 2.24) is 4.57 Å². The van der Waals surface area contributed by atoms with Crippen LogP contribution < -0.4 is 5.32 Å². The van der Waals surface area contributed by atoms with Gasteiger partial charge in [0, 0.05) is 23.0 Å². The summed E-state index contributed by atoms with van der Waals surface area (Å²) in [7, 11) is 0. The minimum Gasteiger partial charge on any atom is -0.322 e. The molecule has 2 aromatic carbocycles. The number of hydrogen-bond acceptors (Lipinski definition) is 1. The Morgan fingerprint density at radius 1 is 1.12 bits per heavy atom. The van der Waals surface area contributed by atoms with Gasteiger partial charge in [-0.2, -0.15) is 13.2 Å². The monoisotopic (exact) mass is 330 g/mol. The molecular formula is C18H13F3N2O. The Hall–Kier alpha value is -3.02. The molecule has 0 atom stereocenters. The molecule has 0 bridgehead atoms. The van der Waals surface area contributed by atoms with Crippen molar-refractivity contribution in [3.05, 3.63) is 72.9 Å². The lowest BCUT2D eigenvalue weighted by Gasteiger charge is -2.11. The fourth-order valence-corrected chi connectivity index (χ4v) is 2.46. The largest absolute Gasteiger partial charge is 0.416 e. The van der Waals surface area contributed by atoms with Crippen molar-refractivity contribution in [1.29, 1.82) is 0 Å². The first kappa shape index (κ1) is 15.9. The van der Waals surface area contributed by atoms with Crippen LogP contribution in [0.2, 0.25) is 0 Å². The number of nitrogens with one attached hydrogen (secondary N) is 1. The van der Waals surface area contributed by atoms with Crippen LogP contribution in [0.3, 0.4) is 0 Å². The van der Waals surface area contributed by atoms with Crippen molar-refractivity contribution in [3.63, 3.8) is 0 Å². The summed E-state index contributed by atoms with van der Waals surface area (Å²) in [5.74, 6) is -0.355. The first-order valence-electron chi connectivity index (χ1n) is 7.10. The zero-order valence-corrected chi connectivity index (χ0v) is 12.5. The standard InChI is InChI=1S/C18H13F3N2O/c1-2-17(24)22-14-7-6-12-8-9-23(16(12)11-14)15-5-3-4-13(10-15)18(19,20)21/h2-11H,1H2,(H,22,24). The van der Waals surface area contributed by atoms with Gasteiger partial charge in [0.05, 0.1) is 11.1 Å². The van der Waals surface area contributed by atoms with Crippen LogP contribution in [0.4, 0.5) is 18.9 Å². The Kier molecular flexibility index (Phi) is 3.89. The van der Waals surface area contributed by atoms with Crippen molar-refractivity contribution in [2.24, 2.45) is 0 Å². The van der Waals surface area contributed by atoms with E-state index in [0.717, 1.165) is 23.6 Å². The van der Waals surface area contributed by atoms with E-state index in [1.165, 1.54) is 6.07 Å². The highest BCUT2D eigenvalue weighted by atomic mass is 19.4. The molecule has 1 aromatic heterocycles. The van der Waals surface area contributed by atoms with Crippen LogP contribution >= 0.6 is 0 Å². The Labute approximate surface area is 136 Å². The molecule has 122 valence electrons. The van der Waals surface area contributed by atoms with Gasteiger partial charge in [-0.05, 0) is 42.5 Å². The van der Waals surface area contributed by atoms with Gasteiger partial charge < -0.3 is 9.88 Å². The number of anilines is 1. The van der Waals surface area contributed by atoms with Crippen molar-refractivity contribution >= 4 is 22.5 Å². The van der Waals surface area contributed by atoms with Crippen molar-refractivity contribution < 1.29 is 18.0 Å². The summed E-state index contributed by atoms with van der Waals surface area (Å²) >= 11 is 0. The van der Waals surface area contributed by atoms with Crippen LogP contribution in [0.25, 0.3) is 16.6 Å². The summed E-state index contributed by atoms with van der Waals surface area (Å²) < 4.78 is 40.4. The number of benzene rings is 2. The van der Waals surface area contributed by atoms with Crippen LogP contribution in [0.5, 0.6) is 0 Å². The van der Waals surface area contributed by atoms with E-state index in [1.54, 1.807) is 41.1 Å². The minimum atomic E-state index is -4.40. The zero-order valence-electron chi connectivity index (χ0n) is 12.5. The molecule has 24 heavy (non-hydrogen) atoms. The average molecular weight is 330 g/mol. The fraction of sp³-hybridized carbons (Fsp3) is 0.0556. The molecule has 6 heteroatoms. The van der Waals surface area contributed by atoms with E-state index in [0.29, 0.717) is 16.9 Å². The SMILES string of the molecule is C=CC(=O)Nc1ccc2ccn(-c3cccc(C(F)(F)F)c3)c2c1. The number of rotatable bonds is 3. The number of nitrogens with zero attached hydrogens (tertiary/aromatic N) is 1. The summed E-state index contributed by atoms with van der Waals surface area (Å²) in [6.07, 6.45) is -1.56. The number of fused-ring (bicyclic) bond motifs is 1. The zero-order chi connectivity index (χ0) is 17.3. The van der Waals surface area contributed by atoms with Crippen LogP contribution in [0.15, 0.2) is 67.4 Å². The van der Waals surface area contributed by atoms with E-state index in [9.17, 15) is 18.0 Å². The number of alkyl halides is 3. The number of aromatic nitrogens is 1. The third-order valence-electron chi connectivity index (χ3n) is 3.60. The topological polar surface area (TPSA) is 34.0 Å². The molecule has 0 aliphatic carbocycles. The average Bonchev–Trinajstić information content (AvgIpc) is 2.97. The third kappa shape index (κ3) is 3.03. The fourth-order valence-electron chi connectivity index (χ4n) is 2.46. The van der Waals surface area contributed by atoms with Crippen molar-refractivity contribution in [2.45, 2.75) is 6.18 Å². The van der Waals surface area contributed by atoms with Gasteiger partial charge in [0.25, 0.3) is 0 Å². The van der Waals surface area contributed by atoms with Crippen molar-refractivity contribution in [2.75, 3.05) is 5.32 Å². The molecule has 0 aliphatic heterocycles. The highest BCUT2D eigenvalue weighted by Crippen LogP contribution is 2.31. The minimum absolute atomic E-state index is 0.355. The Morgan fingerprint density at radius 2 is 1.92 bits per heavy atom. The van der Waals surface area contributed by atoms with Gasteiger partial charge in [-0.3, -0.25) is 4.79 Å². The molecule has 3 rings (SSSR count). The van der Waals surface area contributed by atoms with Gasteiger partial charge in [0.2, 0.25) is 5.91 Å². The highest BCUT2D eigenvalue weighted by Gasteiger charge is 2.30. The van der Waals surface area contributed by atoms with Gasteiger partial charge in [0.1, 0.15) is 0 Å². The number of hydrogen-bond donors (Lipinski definition) is 1. The second-order valence-corrected chi connectivity index (χ2v) is 5.20. The summed E-state index contributed by atoms with van der Waals surface area (Å²) in [6, 6.07) is 12.1. The summed E-state index contributed by atoms with van der Waals surface area (Å²) in [6.45, 7) is 3.38.